The second-order valence-electron chi connectivity index (χ2n) is 3.23. The number of aromatic amines is 1. The van der Waals surface area contributed by atoms with Crippen LogP contribution in [0.2, 0.25) is 0 Å². The van der Waals surface area contributed by atoms with Gasteiger partial charge in [0, 0.05) is 24.2 Å². The molecule has 0 aliphatic carbocycles. The van der Waals surface area contributed by atoms with E-state index in [0.717, 1.165) is 16.6 Å². The summed E-state index contributed by atoms with van der Waals surface area (Å²) in [4.78, 5) is 7.19. The molecule has 1 atom stereocenters. The molecule has 0 fully saturated rings. The van der Waals surface area contributed by atoms with Crippen LogP contribution < -0.4 is 0 Å². The molecule has 0 amide bonds. The van der Waals surface area contributed by atoms with E-state index in [1.807, 2.05) is 18.3 Å². The molecule has 0 bridgehead atoms. The zero-order chi connectivity index (χ0) is 10.7. The summed E-state index contributed by atoms with van der Waals surface area (Å²) in [5.41, 5.74) is 1.73. The molecule has 15 heavy (non-hydrogen) atoms. The highest BCUT2D eigenvalue weighted by atomic mass is 14.8. The second kappa shape index (κ2) is 3.86. The lowest BCUT2D eigenvalue weighted by molar-refractivity contribution is 0.906. The number of nitrogens with one attached hydrogen (secondary N) is 1. The molecule has 0 saturated carbocycles. The van der Waals surface area contributed by atoms with Gasteiger partial charge < -0.3 is 4.98 Å². The minimum absolute atomic E-state index is 0.257. The maximum absolute atomic E-state index is 9.01. The van der Waals surface area contributed by atoms with Gasteiger partial charge in [-0.15, -0.1) is 12.3 Å². The molecule has 1 N–H and O–H groups in total. The van der Waals surface area contributed by atoms with E-state index in [9.17, 15) is 0 Å². The van der Waals surface area contributed by atoms with Crippen molar-refractivity contribution in [3.8, 4) is 18.4 Å². The Balaban J connectivity index is 2.53. The molecule has 0 saturated heterocycles. The van der Waals surface area contributed by atoms with Gasteiger partial charge in [-0.2, -0.15) is 5.26 Å². The molecule has 3 heteroatoms. The molecule has 72 valence electrons. The summed E-state index contributed by atoms with van der Waals surface area (Å²) in [5.74, 6) is 2.26. The van der Waals surface area contributed by atoms with E-state index in [2.05, 4.69) is 22.0 Å². The highest BCUT2D eigenvalue weighted by Gasteiger charge is 2.14. The number of aromatic nitrogens is 2. The van der Waals surface area contributed by atoms with E-state index >= 15 is 0 Å². The maximum Gasteiger partial charge on any atom is 0.137 e. The Morgan fingerprint density at radius 1 is 1.60 bits per heavy atom. The Morgan fingerprint density at radius 3 is 3.20 bits per heavy atom. The third-order valence-corrected chi connectivity index (χ3v) is 2.34. The second-order valence-corrected chi connectivity index (χ2v) is 3.23. The van der Waals surface area contributed by atoms with E-state index < -0.39 is 0 Å². The standard InChI is InChI=1S/C12H9N3/c1-2-4-9(7-13)11-8-15-12-10(11)5-3-6-14-12/h1,3,5-6,8-9H,4H2,(H,14,15). The van der Waals surface area contributed by atoms with Crippen molar-refractivity contribution in [2.45, 2.75) is 12.3 Å². The summed E-state index contributed by atoms with van der Waals surface area (Å²) in [6, 6.07) is 6.00. The molecule has 2 aromatic heterocycles. The average molecular weight is 195 g/mol. The average Bonchev–Trinajstić information content (AvgIpc) is 2.70. The van der Waals surface area contributed by atoms with E-state index in [1.54, 1.807) is 6.20 Å². The Hall–Kier alpha value is -2.26. The van der Waals surface area contributed by atoms with Gasteiger partial charge in [0.2, 0.25) is 0 Å². The van der Waals surface area contributed by atoms with Crippen LogP contribution in [0.1, 0.15) is 17.9 Å². The van der Waals surface area contributed by atoms with Gasteiger partial charge in [-0.05, 0) is 17.7 Å². The van der Waals surface area contributed by atoms with Crippen LogP contribution in [-0.4, -0.2) is 9.97 Å². The number of nitriles is 1. The van der Waals surface area contributed by atoms with Crippen LogP contribution >= 0.6 is 0 Å². The highest BCUT2D eigenvalue weighted by Crippen LogP contribution is 2.25. The zero-order valence-corrected chi connectivity index (χ0v) is 8.07. The fraction of sp³-hybridized carbons (Fsp3) is 0.167. The maximum atomic E-state index is 9.01. The first-order chi connectivity index (χ1) is 7.36. The van der Waals surface area contributed by atoms with E-state index in [-0.39, 0.29) is 5.92 Å². The number of rotatable bonds is 2. The third kappa shape index (κ3) is 1.56. The van der Waals surface area contributed by atoms with Crippen molar-refractivity contribution in [3.05, 3.63) is 30.1 Å². The first-order valence-electron chi connectivity index (χ1n) is 4.62. The molecule has 2 rings (SSSR count). The molecule has 3 nitrogen and oxygen atoms in total. The van der Waals surface area contributed by atoms with Crippen LogP contribution in [0.15, 0.2) is 24.5 Å². The summed E-state index contributed by atoms with van der Waals surface area (Å²) in [6.07, 6.45) is 9.18. The van der Waals surface area contributed by atoms with Crippen LogP contribution in [0, 0.1) is 23.7 Å². The van der Waals surface area contributed by atoms with Gasteiger partial charge >= 0.3 is 0 Å². The summed E-state index contributed by atoms with van der Waals surface area (Å²) < 4.78 is 0. The number of hydrogen-bond donors (Lipinski definition) is 1. The number of nitrogens with zero attached hydrogens (tertiary/aromatic N) is 2. The lowest BCUT2D eigenvalue weighted by Gasteiger charge is -2.02. The van der Waals surface area contributed by atoms with Gasteiger partial charge in [-0.1, -0.05) is 0 Å². The Bertz CT molecular complexity index is 554. The summed E-state index contributed by atoms with van der Waals surface area (Å²) in [7, 11) is 0. The number of fused-ring (bicyclic) bond motifs is 1. The van der Waals surface area contributed by atoms with E-state index in [4.69, 9.17) is 11.7 Å². The molecule has 0 aliphatic rings. The molecule has 0 spiro atoms. The summed E-state index contributed by atoms with van der Waals surface area (Å²) in [6.45, 7) is 0. The zero-order valence-electron chi connectivity index (χ0n) is 8.07. The van der Waals surface area contributed by atoms with Crippen molar-refractivity contribution in [2.24, 2.45) is 0 Å². The van der Waals surface area contributed by atoms with Crippen molar-refractivity contribution >= 4 is 11.0 Å². The normalized spacial score (nSPS) is 11.9. The lowest BCUT2D eigenvalue weighted by atomic mass is 9.98. The van der Waals surface area contributed by atoms with Gasteiger partial charge in [-0.25, -0.2) is 4.98 Å². The van der Waals surface area contributed by atoms with Gasteiger partial charge in [0.05, 0.1) is 12.0 Å². The van der Waals surface area contributed by atoms with E-state index in [1.165, 1.54) is 0 Å². The molecule has 0 aliphatic heterocycles. The van der Waals surface area contributed by atoms with Crippen LogP contribution in [0.4, 0.5) is 0 Å². The fourth-order valence-electron chi connectivity index (χ4n) is 1.61. The quantitative estimate of drug-likeness (QED) is 0.747. The lowest BCUT2D eigenvalue weighted by Crippen LogP contribution is -1.92. The van der Waals surface area contributed by atoms with Gasteiger partial charge in [0.1, 0.15) is 5.65 Å². The molecule has 0 radical (unpaired) electrons. The first-order valence-corrected chi connectivity index (χ1v) is 4.62. The number of pyridine rings is 1. The summed E-state index contributed by atoms with van der Waals surface area (Å²) >= 11 is 0. The van der Waals surface area contributed by atoms with Crippen molar-refractivity contribution < 1.29 is 0 Å². The molecule has 2 aromatic rings. The van der Waals surface area contributed by atoms with Gasteiger partial charge in [0.25, 0.3) is 0 Å². The minimum Gasteiger partial charge on any atom is -0.346 e. The van der Waals surface area contributed by atoms with Crippen LogP contribution in [0.5, 0.6) is 0 Å². The van der Waals surface area contributed by atoms with Gasteiger partial charge in [-0.3, -0.25) is 0 Å². The summed E-state index contributed by atoms with van der Waals surface area (Å²) in [5, 5.41) is 9.98. The van der Waals surface area contributed by atoms with Crippen LogP contribution in [0.3, 0.4) is 0 Å². The molecule has 2 heterocycles. The van der Waals surface area contributed by atoms with E-state index in [0.29, 0.717) is 6.42 Å². The van der Waals surface area contributed by atoms with Crippen molar-refractivity contribution in [2.75, 3.05) is 0 Å². The molecular formula is C12H9N3. The van der Waals surface area contributed by atoms with Crippen molar-refractivity contribution in [3.63, 3.8) is 0 Å². The monoisotopic (exact) mass is 195 g/mol. The topological polar surface area (TPSA) is 52.5 Å². The fourth-order valence-corrected chi connectivity index (χ4v) is 1.61. The number of terminal acetylenes is 1. The molecule has 0 aromatic carbocycles. The highest BCUT2D eigenvalue weighted by molar-refractivity contribution is 5.80. The third-order valence-electron chi connectivity index (χ3n) is 2.34. The van der Waals surface area contributed by atoms with Gasteiger partial charge in [0.15, 0.2) is 0 Å². The Morgan fingerprint density at radius 2 is 2.47 bits per heavy atom. The number of H-pyrrole nitrogens is 1. The SMILES string of the molecule is C#CCC(C#N)c1c[nH]c2ncccc12. The predicted octanol–water partition coefficient (Wildman–Crippen LogP) is 2.19. The van der Waals surface area contributed by atoms with Crippen LogP contribution in [0.25, 0.3) is 11.0 Å². The Kier molecular flexibility index (Phi) is 2.39. The molecule has 1 unspecified atom stereocenters. The predicted molar refractivity (Wildman–Crippen MR) is 57.9 cm³/mol. The van der Waals surface area contributed by atoms with Crippen molar-refractivity contribution in [1.29, 1.82) is 5.26 Å². The molecular weight excluding hydrogens is 186 g/mol. The largest absolute Gasteiger partial charge is 0.346 e. The van der Waals surface area contributed by atoms with Crippen molar-refractivity contribution in [1.82, 2.24) is 9.97 Å². The Labute approximate surface area is 87.8 Å². The smallest absolute Gasteiger partial charge is 0.137 e. The first kappa shape index (κ1) is 9.30. The minimum atomic E-state index is -0.257. The number of hydrogen-bond acceptors (Lipinski definition) is 2. The van der Waals surface area contributed by atoms with Crippen LogP contribution in [-0.2, 0) is 0 Å².